The number of hydrogen-bond acceptors (Lipinski definition) is 3. The SMILES string of the molecule is CC(C)c1cc(C(=O)N2CC(NC(=O)C3CC3)C2)n[nH]1. The van der Waals surface area contributed by atoms with Gasteiger partial charge in [-0.25, -0.2) is 0 Å². The number of nitrogens with one attached hydrogen (secondary N) is 2. The van der Waals surface area contributed by atoms with Crippen molar-refractivity contribution in [2.24, 2.45) is 5.92 Å². The summed E-state index contributed by atoms with van der Waals surface area (Å²) in [5, 5.41) is 9.93. The molecule has 3 rings (SSSR count). The van der Waals surface area contributed by atoms with Gasteiger partial charge in [0.15, 0.2) is 0 Å². The highest BCUT2D eigenvalue weighted by molar-refractivity contribution is 5.93. The Labute approximate surface area is 117 Å². The zero-order chi connectivity index (χ0) is 14.3. The topological polar surface area (TPSA) is 78.1 Å². The number of aromatic nitrogens is 2. The van der Waals surface area contributed by atoms with Crippen molar-refractivity contribution in [3.63, 3.8) is 0 Å². The predicted octanol–water partition coefficient (Wildman–Crippen LogP) is 0.884. The summed E-state index contributed by atoms with van der Waals surface area (Å²) in [4.78, 5) is 25.5. The van der Waals surface area contributed by atoms with Crippen LogP contribution in [-0.4, -0.2) is 46.0 Å². The molecule has 2 aliphatic rings. The standard InChI is InChI=1S/C14H20N4O2/c1-8(2)11-5-12(17-16-11)14(20)18-6-10(7-18)15-13(19)9-3-4-9/h5,8-10H,3-4,6-7H2,1-2H3,(H,15,19)(H,16,17). The van der Waals surface area contributed by atoms with Crippen molar-refractivity contribution in [3.8, 4) is 0 Å². The number of rotatable bonds is 4. The molecule has 1 aliphatic carbocycles. The third kappa shape index (κ3) is 2.55. The Bertz CT molecular complexity index is 527. The first-order chi connectivity index (χ1) is 9.54. The molecule has 2 heterocycles. The van der Waals surface area contributed by atoms with Crippen molar-refractivity contribution in [2.45, 2.75) is 38.6 Å². The van der Waals surface area contributed by atoms with E-state index in [0.29, 0.717) is 24.7 Å². The van der Waals surface area contributed by atoms with Crippen LogP contribution in [0.3, 0.4) is 0 Å². The molecule has 1 aliphatic heterocycles. The van der Waals surface area contributed by atoms with Gasteiger partial charge in [-0.1, -0.05) is 13.8 Å². The summed E-state index contributed by atoms with van der Waals surface area (Å²) in [6, 6.07) is 1.92. The fourth-order valence-corrected chi connectivity index (χ4v) is 2.30. The summed E-state index contributed by atoms with van der Waals surface area (Å²) in [5.41, 5.74) is 1.42. The molecule has 6 heteroatoms. The summed E-state index contributed by atoms with van der Waals surface area (Å²) >= 11 is 0. The highest BCUT2D eigenvalue weighted by atomic mass is 16.2. The lowest BCUT2D eigenvalue weighted by molar-refractivity contribution is -0.123. The van der Waals surface area contributed by atoms with Gasteiger partial charge in [0.2, 0.25) is 5.91 Å². The van der Waals surface area contributed by atoms with E-state index in [1.165, 1.54) is 0 Å². The van der Waals surface area contributed by atoms with Crippen molar-refractivity contribution in [2.75, 3.05) is 13.1 Å². The first-order valence-electron chi connectivity index (χ1n) is 7.19. The molecule has 2 fully saturated rings. The van der Waals surface area contributed by atoms with Gasteiger partial charge in [-0.05, 0) is 24.8 Å². The molecule has 0 unspecified atom stereocenters. The van der Waals surface area contributed by atoms with E-state index in [1.807, 2.05) is 6.07 Å². The number of carbonyl (C=O) groups is 2. The van der Waals surface area contributed by atoms with E-state index in [9.17, 15) is 9.59 Å². The summed E-state index contributed by atoms with van der Waals surface area (Å²) in [7, 11) is 0. The zero-order valence-electron chi connectivity index (χ0n) is 11.8. The van der Waals surface area contributed by atoms with Crippen molar-refractivity contribution >= 4 is 11.8 Å². The van der Waals surface area contributed by atoms with Crippen molar-refractivity contribution in [1.29, 1.82) is 0 Å². The Morgan fingerprint density at radius 3 is 2.65 bits per heavy atom. The van der Waals surface area contributed by atoms with Gasteiger partial charge < -0.3 is 10.2 Å². The van der Waals surface area contributed by atoms with E-state index in [2.05, 4.69) is 29.4 Å². The van der Waals surface area contributed by atoms with Crippen LogP contribution in [0.2, 0.25) is 0 Å². The maximum absolute atomic E-state index is 12.2. The van der Waals surface area contributed by atoms with E-state index >= 15 is 0 Å². The van der Waals surface area contributed by atoms with Gasteiger partial charge in [-0.3, -0.25) is 14.7 Å². The van der Waals surface area contributed by atoms with Crippen LogP contribution in [0, 0.1) is 5.92 Å². The molecule has 1 saturated carbocycles. The third-order valence-electron chi connectivity index (χ3n) is 3.90. The average Bonchev–Trinajstić information content (AvgIpc) is 3.09. The van der Waals surface area contributed by atoms with Gasteiger partial charge in [-0.15, -0.1) is 0 Å². The number of nitrogens with zero attached hydrogens (tertiary/aromatic N) is 2. The fourth-order valence-electron chi connectivity index (χ4n) is 2.30. The number of H-pyrrole nitrogens is 1. The molecule has 1 saturated heterocycles. The van der Waals surface area contributed by atoms with Gasteiger partial charge in [0.25, 0.3) is 5.91 Å². The second kappa shape index (κ2) is 4.92. The molecular weight excluding hydrogens is 256 g/mol. The molecule has 2 N–H and O–H groups in total. The third-order valence-corrected chi connectivity index (χ3v) is 3.90. The number of amides is 2. The van der Waals surface area contributed by atoms with E-state index in [-0.39, 0.29) is 23.8 Å². The molecule has 108 valence electrons. The molecule has 20 heavy (non-hydrogen) atoms. The molecule has 1 aromatic rings. The molecule has 0 spiro atoms. The van der Waals surface area contributed by atoms with Gasteiger partial charge in [0, 0.05) is 24.7 Å². The average molecular weight is 276 g/mol. The van der Waals surface area contributed by atoms with Crippen LogP contribution >= 0.6 is 0 Å². The van der Waals surface area contributed by atoms with E-state index in [1.54, 1.807) is 4.90 Å². The zero-order valence-corrected chi connectivity index (χ0v) is 11.8. The van der Waals surface area contributed by atoms with E-state index in [4.69, 9.17) is 0 Å². The second-order valence-corrected chi connectivity index (χ2v) is 6.05. The highest BCUT2D eigenvalue weighted by Crippen LogP contribution is 2.29. The summed E-state index contributed by atoms with van der Waals surface area (Å²) in [5.74, 6) is 0.625. The lowest BCUT2D eigenvalue weighted by atomic mass is 10.1. The van der Waals surface area contributed by atoms with Gasteiger partial charge in [0.05, 0.1) is 6.04 Å². The monoisotopic (exact) mass is 276 g/mol. The van der Waals surface area contributed by atoms with Crippen molar-refractivity contribution in [1.82, 2.24) is 20.4 Å². The van der Waals surface area contributed by atoms with Crippen LogP contribution in [0.15, 0.2) is 6.07 Å². The van der Waals surface area contributed by atoms with E-state index in [0.717, 1.165) is 18.5 Å². The first kappa shape index (κ1) is 13.1. The normalized spacial score (nSPS) is 19.1. The first-order valence-corrected chi connectivity index (χ1v) is 7.19. The van der Waals surface area contributed by atoms with Gasteiger partial charge in [0.1, 0.15) is 5.69 Å². The van der Waals surface area contributed by atoms with Gasteiger partial charge >= 0.3 is 0 Å². The summed E-state index contributed by atoms with van der Waals surface area (Å²) in [6.07, 6.45) is 2.01. The van der Waals surface area contributed by atoms with Gasteiger partial charge in [-0.2, -0.15) is 5.10 Å². The minimum absolute atomic E-state index is 0.0647. The maximum Gasteiger partial charge on any atom is 0.274 e. The summed E-state index contributed by atoms with van der Waals surface area (Å²) in [6.45, 7) is 5.27. The number of likely N-dealkylation sites (tertiary alicyclic amines) is 1. The largest absolute Gasteiger partial charge is 0.350 e. The Hall–Kier alpha value is -1.85. The minimum Gasteiger partial charge on any atom is -0.350 e. The van der Waals surface area contributed by atoms with Crippen LogP contribution in [0.5, 0.6) is 0 Å². The molecule has 0 radical (unpaired) electrons. The molecule has 2 amide bonds. The lowest BCUT2D eigenvalue weighted by Gasteiger charge is -2.39. The fraction of sp³-hybridized carbons (Fsp3) is 0.643. The highest BCUT2D eigenvalue weighted by Gasteiger charge is 2.37. The second-order valence-electron chi connectivity index (χ2n) is 6.05. The molecule has 0 bridgehead atoms. The maximum atomic E-state index is 12.2. The molecule has 6 nitrogen and oxygen atoms in total. The van der Waals surface area contributed by atoms with Crippen LogP contribution in [0.1, 0.15) is 48.8 Å². The summed E-state index contributed by atoms with van der Waals surface area (Å²) < 4.78 is 0. The van der Waals surface area contributed by atoms with Crippen LogP contribution < -0.4 is 5.32 Å². The Morgan fingerprint density at radius 1 is 1.40 bits per heavy atom. The van der Waals surface area contributed by atoms with Crippen LogP contribution in [-0.2, 0) is 4.79 Å². The lowest BCUT2D eigenvalue weighted by Crippen LogP contribution is -2.61. The Balaban J connectivity index is 1.50. The van der Waals surface area contributed by atoms with Crippen molar-refractivity contribution < 1.29 is 9.59 Å². The van der Waals surface area contributed by atoms with Crippen LogP contribution in [0.25, 0.3) is 0 Å². The Kier molecular flexibility index (Phi) is 3.23. The molecule has 0 atom stereocenters. The molecule has 0 aromatic carbocycles. The predicted molar refractivity (Wildman–Crippen MR) is 73.2 cm³/mol. The van der Waals surface area contributed by atoms with Crippen LogP contribution in [0.4, 0.5) is 0 Å². The number of carbonyl (C=O) groups excluding carboxylic acids is 2. The van der Waals surface area contributed by atoms with E-state index < -0.39 is 0 Å². The Morgan fingerprint density at radius 2 is 2.10 bits per heavy atom. The molecular formula is C14H20N4O2. The smallest absolute Gasteiger partial charge is 0.274 e. The quantitative estimate of drug-likeness (QED) is 0.857. The number of hydrogen-bond donors (Lipinski definition) is 2. The van der Waals surface area contributed by atoms with Crippen molar-refractivity contribution in [3.05, 3.63) is 17.5 Å². The molecule has 1 aromatic heterocycles. The number of aromatic amines is 1. The minimum atomic E-state index is -0.0647.